The van der Waals surface area contributed by atoms with Gasteiger partial charge in [-0.2, -0.15) is 0 Å². The number of carbonyl (C=O) groups is 1. The predicted molar refractivity (Wildman–Crippen MR) is 59.5 cm³/mol. The number of hydrogen-bond donors (Lipinski definition) is 1. The molecule has 2 nitrogen and oxygen atoms in total. The lowest BCUT2D eigenvalue weighted by Gasteiger charge is -2.41. The number of rotatable bonds is 1. The summed E-state index contributed by atoms with van der Waals surface area (Å²) in [5.41, 5.74) is -0.649. The van der Waals surface area contributed by atoms with Crippen LogP contribution in [0.1, 0.15) is 58.3 Å². The highest BCUT2D eigenvalue weighted by atomic mass is 16.3. The van der Waals surface area contributed by atoms with Crippen LogP contribution in [-0.2, 0) is 4.79 Å². The molecule has 0 aromatic heterocycles. The zero-order valence-electron chi connectivity index (χ0n) is 9.67. The molecule has 2 aliphatic rings. The van der Waals surface area contributed by atoms with Crippen LogP contribution in [-0.4, -0.2) is 16.5 Å². The molecular formula is C13H22O2. The van der Waals surface area contributed by atoms with Crippen molar-refractivity contribution in [3.8, 4) is 0 Å². The summed E-state index contributed by atoms with van der Waals surface area (Å²) in [6.45, 7) is 2.01. The lowest BCUT2D eigenvalue weighted by molar-refractivity contribution is -0.142. The van der Waals surface area contributed by atoms with Crippen LogP contribution in [0.4, 0.5) is 0 Å². The molecule has 0 spiro atoms. The molecule has 0 aromatic carbocycles. The Bertz CT molecular complexity index is 241. The first-order valence-electron chi connectivity index (χ1n) is 6.39. The van der Waals surface area contributed by atoms with Crippen LogP contribution in [0.5, 0.6) is 0 Å². The fraction of sp³-hybridized carbons (Fsp3) is 0.923. The Kier molecular flexibility index (Phi) is 3.15. The summed E-state index contributed by atoms with van der Waals surface area (Å²) in [6, 6.07) is 0. The van der Waals surface area contributed by atoms with E-state index in [0.29, 0.717) is 5.78 Å². The number of Topliss-reactive ketones (excluding diaryl/α,β-unsaturated/α-hetero) is 1. The molecule has 0 amide bonds. The third kappa shape index (κ3) is 2.10. The molecule has 86 valence electrons. The van der Waals surface area contributed by atoms with E-state index in [1.54, 1.807) is 0 Å². The SMILES string of the molecule is CC1CCCC(C2(O)CCCCC2)C1=O. The third-order valence-corrected chi connectivity index (χ3v) is 4.33. The lowest BCUT2D eigenvalue weighted by Crippen LogP contribution is -2.47. The summed E-state index contributed by atoms with van der Waals surface area (Å²) in [5, 5.41) is 10.6. The van der Waals surface area contributed by atoms with Crippen molar-refractivity contribution in [2.24, 2.45) is 11.8 Å². The molecule has 15 heavy (non-hydrogen) atoms. The van der Waals surface area contributed by atoms with Gasteiger partial charge < -0.3 is 5.11 Å². The maximum atomic E-state index is 12.1. The minimum atomic E-state index is -0.649. The number of ketones is 1. The molecule has 2 fully saturated rings. The molecule has 0 bridgehead atoms. The normalized spacial score (nSPS) is 36.5. The maximum Gasteiger partial charge on any atom is 0.141 e. The predicted octanol–water partition coefficient (Wildman–Crippen LogP) is 2.69. The van der Waals surface area contributed by atoms with E-state index < -0.39 is 5.60 Å². The summed E-state index contributed by atoms with van der Waals surface area (Å²) in [4.78, 5) is 12.1. The molecule has 0 heterocycles. The van der Waals surface area contributed by atoms with Crippen molar-refractivity contribution < 1.29 is 9.90 Å². The van der Waals surface area contributed by atoms with Crippen LogP contribution in [0.3, 0.4) is 0 Å². The Morgan fingerprint density at radius 3 is 2.47 bits per heavy atom. The highest BCUT2D eigenvalue weighted by Gasteiger charge is 2.44. The van der Waals surface area contributed by atoms with Crippen LogP contribution in [0.2, 0.25) is 0 Å². The van der Waals surface area contributed by atoms with Crippen LogP contribution in [0.15, 0.2) is 0 Å². The first-order valence-corrected chi connectivity index (χ1v) is 6.39. The number of hydrogen-bond acceptors (Lipinski definition) is 2. The fourth-order valence-electron chi connectivity index (χ4n) is 3.30. The summed E-state index contributed by atoms with van der Waals surface area (Å²) in [5.74, 6) is 0.446. The quantitative estimate of drug-likeness (QED) is 0.722. The Morgan fingerprint density at radius 1 is 1.13 bits per heavy atom. The van der Waals surface area contributed by atoms with Crippen LogP contribution in [0, 0.1) is 11.8 Å². The minimum absolute atomic E-state index is 0.0541. The maximum absolute atomic E-state index is 12.1. The van der Waals surface area contributed by atoms with Gasteiger partial charge in [-0.25, -0.2) is 0 Å². The topological polar surface area (TPSA) is 37.3 Å². The van der Waals surface area contributed by atoms with Gasteiger partial charge in [0.15, 0.2) is 0 Å². The number of aliphatic hydroxyl groups is 1. The van der Waals surface area contributed by atoms with E-state index in [-0.39, 0.29) is 11.8 Å². The highest BCUT2D eigenvalue weighted by molar-refractivity contribution is 5.84. The second-order valence-corrected chi connectivity index (χ2v) is 5.45. The summed E-state index contributed by atoms with van der Waals surface area (Å²) in [7, 11) is 0. The van der Waals surface area contributed by atoms with Gasteiger partial charge in [0.1, 0.15) is 5.78 Å². The molecular weight excluding hydrogens is 188 g/mol. The van der Waals surface area contributed by atoms with Gasteiger partial charge in [0.2, 0.25) is 0 Å². The Labute approximate surface area is 92.1 Å². The van der Waals surface area contributed by atoms with E-state index in [1.165, 1.54) is 6.42 Å². The monoisotopic (exact) mass is 210 g/mol. The van der Waals surface area contributed by atoms with Crippen molar-refractivity contribution in [3.05, 3.63) is 0 Å². The zero-order valence-corrected chi connectivity index (χ0v) is 9.67. The van der Waals surface area contributed by atoms with Crippen molar-refractivity contribution in [3.63, 3.8) is 0 Å². The second-order valence-electron chi connectivity index (χ2n) is 5.45. The fourth-order valence-corrected chi connectivity index (χ4v) is 3.30. The van der Waals surface area contributed by atoms with E-state index in [1.807, 2.05) is 6.92 Å². The molecule has 0 aliphatic heterocycles. The number of carbonyl (C=O) groups excluding carboxylic acids is 1. The second kappa shape index (κ2) is 4.25. The molecule has 2 unspecified atom stereocenters. The van der Waals surface area contributed by atoms with Crippen molar-refractivity contribution in [1.82, 2.24) is 0 Å². The minimum Gasteiger partial charge on any atom is -0.389 e. The highest BCUT2D eigenvalue weighted by Crippen LogP contribution is 2.41. The van der Waals surface area contributed by atoms with Crippen molar-refractivity contribution >= 4 is 5.78 Å². The van der Waals surface area contributed by atoms with E-state index >= 15 is 0 Å². The van der Waals surface area contributed by atoms with Gasteiger partial charge in [-0.05, 0) is 25.7 Å². The van der Waals surface area contributed by atoms with Crippen molar-refractivity contribution in [2.45, 2.75) is 63.9 Å². The van der Waals surface area contributed by atoms with E-state index in [0.717, 1.165) is 44.9 Å². The molecule has 0 saturated heterocycles. The van der Waals surface area contributed by atoms with Crippen molar-refractivity contribution in [1.29, 1.82) is 0 Å². The molecule has 1 N–H and O–H groups in total. The zero-order chi connectivity index (χ0) is 10.9. The Morgan fingerprint density at radius 2 is 1.80 bits per heavy atom. The van der Waals surface area contributed by atoms with Gasteiger partial charge in [0.05, 0.1) is 5.60 Å². The molecule has 2 saturated carbocycles. The van der Waals surface area contributed by atoms with Gasteiger partial charge in [0.25, 0.3) is 0 Å². The molecule has 2 atom stereocenters. The van der Waals surface area contributed by atoms with Crippen LogP contribution in [0.25, 0.3) is 0 Å². The van der Waals surface area contributed by atoms with Crippen LogP contribution < -0.4 is 0 Å². The first-order chi connectivity index (χ1) is 7.13. The van der Waals surface area contributed by atoms with Gasteiger partial charge in [0, 0.05) is 11.8 Å². The first kappa shape index (κ1) is 11.1. The standard InChI is InChI=1S/C13H22O2/c1-10-6-5-7-11(12(10)14)13(15)8-3-2-4-9-13/h10-11,15H,2-9H2,1H3. The average Bonchev–Trinajstić information content (AvgIpc) is 2.23. The van der Waals surface area contributed by atoms with E-state index in [2.05, 4.69) is 0 Å². The van der Waals surface area contributed by atoms with E-state index in [4.69, 9.17) is 0 Å². The third-order valence-electron chi connectivity index (χ3n) is 4.33. The molecule has 0 radical (unpaired) electrons. The molecule has 0 aromatic rings. The van der Waals surface area contributed by atoms with Gasteiger partial charge in [-0.1, -0.05) is 32.6 Å². The van der Waals surface area contributed by atoms with E-state index in [9.17, 15) is 9.90 Å². The van der Waals surface area contributed by atoms with Crippen molar-refractivity contribution in [2.75, 3.05) is 0 Å². The summed E-state index contributed by atoms with van der Waals surface area (Å²) in [6.07, 6.45) is 8.14. The smallest absolute Gasteiger partial charge is 0.141 e. The lowest BCUT2D eigenvalue weighted by atomic mass is 9.67. The van der Waals surface area contributed by atoms with Gasteiger partial charge >= 0.3 is 0 Å². The Balaban J connectivity index is 2.10. The average molecular weight is 210 g/mol. The molecule has 2 rings (SSSR count). The molecule has 2 aliphatic carbocycles. The summed E-state index contributed by atoms with van der Waals surface area (Å²) >= 11 is 0. The van der Waals surface area contributed by atoms with Crippen LogP contribution >= 0.6 is 0 Å². The molecule has 2 heteroatoms. The van der Waals surface area contributed by atoms with Gasteiger partial charge in [-0.3, -0.25) is 4.79 Å². The Hall–Kier alpha value is -0.370. The van der Waals surface area contributed by atoms with Gasteiger partial charge in [-0.15, -0.1) is 0 Å². The summed E-state index contributed by atoms with van der Waals surface area (Å²) < 4.78 is 0. The largest absolute Gasteiger partial charge is 0.389 e.